The summed E-state index contributed by atoms with van der Waals surface area (Å²) in [4.78, 5) is 23.0. The Bertz CT molecular complexity index is 312. The molecule has 1 saturated carbocycles. The standard InChI is InChI=1S/C13H24N2O4/c1-10-2-4-13(5-3-10,12(17)18)9-15-11(16)8-19-7-6-14/h10H,2-9,14H2,1H3,(H,15,16)(H,17,18). The van der Waals surface area contributed by atoms with Crippen molar-refractivity contribution in [3.8, 4) is 0 Å². The van der Waals surface area contributed by atoms with Gasteiger partial charge in [-0.3, -0.25) is 9.59 Å². The first-order valence-electron chi connectivity index (χ1n) is 6.78. The second-order valence-electron chi connectivity index (χ2n) is 5.39. The van der Waals surface area contributed by atoms with Gasteiger partial charge in [-0.05, 0) is 31.6 Å². The number of carboxylic acid groups (broad SMARTS) is 1. The molecule has 0 spiro atoms. The van der Waals surface area contributed by atoms with Gasteiger partial charge in [0.1, 0.15) is 6.61 Å². The number of nitrogens with one attached hydrogen (secondary N) is 1. The summed E-state index contributed by atoms with van der Waals surface area (Å²) in [6.45, 7) is 2.94. The monoisotopic (exact) mass is 272 g/mol. The van der Waals surface area contributed by atoms with Crippen molar-refractivity contribution in [3.63, 3.8) is 0 Å². The van der Waals surface area contributed by atoms with E-state index in [-0.39, 0.29) is 19.1 Å². The molecular formula is C13H24N2O4. The molecule has 6 nitrogen and oxygen atoms in total. The highest BCUT2D eigenvalue weighted by atomic mass is 16.5. The molecule has 0 aromatic carbocycles. The smallest absolute Gasteiger partial charge is 0.311 e. The normalized spacial score (nSPS) is 26.9. The fourth-order valence-electron chi connectivity index (χ4n) is 2.35. The lowest BCUT2D eigenvalue weighted by atomic mass is 9.71. The number of hydrogen-bond acceptors (Lipinski definition) is 4. The molecule has 0 radical (unpaired) electrons. The molecule has 0 aromatic rings. The van der Waals surface area contributed by atoms with Gasteiger partial charge in [0.05, 0.1) is 12.0 Å². The zero-order valence-corrected chi connectivity index (χ0v) is 11.5. The number of rotatable bonds is 7. The van der Waals surface area contributed by atoms with Gasteiger partial charge in [-0.15, -0.1) is 0 Å². The zero-order valence-electron chi connectivity index (χ0n) is 11.5. The lowest BCUT2D eigenvalue weighted by Crippen LogP contribution is -2.46. The van der Waals surface area contributed by atoms with Crippen LogP contribution in [0.2, 0.25) is 0 Å². The number of carbonyl (C=O) groups is 2. The van der Waals surface area contributed by atoms with Crippen molar-refractivity contribution in [2.75, 3.05) is 26.3 Å². The van der Waals surface area contributed by atoms with Crippen LogP contribution < -0.4 is 11.1 Å². The Kier molecular flexibility index (Phi) is 6.24. The predicted octanol–water partition coefficient (Wildman–Crippen LogP) is 0.359. The van der Waals surface area contributed by atoms with E-state index in [1.54, 1.807) is 0 Å². The maximum Gasteiger partial charge on any atom is 0.311 e. The minimum absolute atomic E-state index is 0.0662. The molecule has 0 heterocycles. The van der Waals surface area contributed by atoms with Crippen LogP contribution in [0.4, 0.5) is 0 Å². The van der Waals surface area contributed by atoms with E-state index in [1.165, 1.54) is 0 Å². The third-order valence-electron chi connectivity index (χ3n) is 3.80. The third kappa shape index (κ3) is 4.80. The van der Waals surface area contributed by atoms with Gasteiger partial charge in [-0.25, -0.2) is 0 Å². The van der Waals surface area contributed by atoms with Crippen molar-refractivity contribution in [1.29, 1.82) is 0 Å². The van der Waals surface area contributed by atoms with E-state index in [0.29, 0.717) is 31.9 Å². The van der Waals surface area contributed by atoms with E-state index in [1.807, 2.05) is 0 Å². The van der Waals surface area contributed by atoms with Gasteiger partial charge >= 0.3 is 5.97 Å². The Balaban J connectivity index is 2.42. The van der Waals surface area contributed by atoms with Crippen LogP contribution in [0.1, 0.15) is 32.6 Å². The van der Waals surface area contributed by atoms with Crippen LogP contribution in [-0.4, -0.2) is 43.3 Å². The topological polar surface area (TPSA) is 102 Å². The summed E-state index contributed by atoms with van der Waals surface area (Å²) in [7, 11) is 0. The third-order valence-corrected chi connectivity index (χ3v) is 3.80. The average molecular weight is 272 g/mol. The molecule has 1 amide bonds. The number of hydrogen-bond donors (Lipinski definition) is 3. The van der Waals surface area contributed by atoms with Gasteiger partial charge in [-0.2, -0.15) is 0 Å². The second-order valence-corrected chi connectivity index (χ2v) is 5.39. The van der Waals surface area contributed by atoms with Gasteiger partial charge < -0.3 is 20.9 Å². The van der Waals surface area contributed by atoms with Crippen LogP contribution in [0, 0.1) is 11.3 Å². The van der Waals surface area contributed by atoms with Gasteiger partial charge in [0, 0.05) is 13.1 Å². The molecule has 0 unspecified atom stereocenters. The Morgan fingerprint density at radius 3 is 2.58 bits per heavy atom. The molecule has 1 aliphatic rings. The molecule has 19 heavy (non-hydrogen) atoms. The first-order chi connectivity index (χ1) is 9.00. The molecule has 0 saturated heterocycles. The highest BCUT2D eigenvalue weighted by Gasteiger charge is 2.41. The minimum Gasteiger partial charge on any atom is -0.481 e. The van der Waals surface area contributed by atoms with Crippen molar-refractivity contribution < 1.29 is 19.4 Å². The molecular weight excluding hydrogens is 248 g/mol. The van der Waals surface area contributed by atoms with E-state index in [9.17, 15) is 14.7 Å². The van der Waals surface area contributed by atoms with Crippen LogP contribution in [0.15, 0.2) is 0 Å². The molecule has 0 aliphatic heterocycles. The molecule has 110 valence electrons. The molecule has 1 rings (SSSR count). The summed E-state index contributed by atoms with van der Waals surface area (Å²) in [6.07, 6.45) is 3.03. The van der Waals surface area contributed by atoms with Crippen molar-refractivity contribution in [1.82, 2.24) is 5.32 Å². The van der Waals surface area contributed by atoms with E-state index < -0.39 is 11.4 Å². The molecule has 0 atom stereocenters. The van der Waals surface area contributed by atoms with E-state index in [4.69, 9.17) is 10.5 Å². The van der Waals surface area contributed by atoms with Gasteiger partial charge in [-0.1, -0.05) is 6.92 Å². The Labute approximate surface area is 113 Å². The minimum atomic E-state index is -0.817. The first kappa shape index (κ1) is 15.9. The summed E-state index contributed by atoms with van der Waals surface area (Å²) in [5, 5.41) is 12.1. The zero-order chi connectivity index (χ0) is 14.3. The number of nitrogens with two attached hydrogens (primary N) is 1. The van der Waals surface area contributed by atoms with Crippen molar-refractivity contribution in [2.24, 2.45) is 17.1 Å². The fourth-order valence-corrected chi connectivity index (χ4v) is 2.35. The van der Waals surface area contributed by atoms with Gasteiger partial charge in [0.2, 0.25) is 5.91 Å². The van der Waals surface area contributed by atoms with Crippen LogP contribution in [0.5, 0.6) is 0 Å². The maximum absolute atomic E-state index is 11.5. The summed E-state index contributed by atoms with van der Waals surface area (Å²) >= 11 is 0. The second kappa shape index (κ2) is 7.45. The Morgan fingerprint density at radius 1 is 1.42 bits per heavy atom. The summed E-state index contributed by atoms with van der Waals surface area (Å²) in [5.74, 6) is -0.536. The maximum atomic E-state index is 11.5. The first-order valence-corrected chi connectivity index (χ1v) is 6.78. The number of aliphatic carboxylic acids is 1. The summed E-state index contributed by atoms with van der Waals surface area (Å²) in [5.41, 5.74) is 4.44. The molecule has 4 N–H and O–H groups in total. The SMILES string of the molecule is CC1CCC(CNC(=O)COCCN)(C(=O)O)CC1. The Hall–Kier alpha value is -1.14. The number of ether oxygens (including phenoxy) is 1. The van der Waals surface area contributed by atoms with Crippen molar-refractivity contribution >= 4 is 11.9 Å². The van der Waals surface area contributed by atoms with E-state index >= 15 is 0 Å². The highest BCUT2D eigenvalue weighted by molar-refractivity contribution is 5.79. The van der Waals surface area contributed by atoms with Crippen LogP contribution in [0.25, 0.3) is 0 Å². The van der Waals surface area contributed by atoms with Gasteiger partial charge in [0.15, 0.2) is 0 Å². The number of carboxylic acids is 1. The molecule has 0 aromatic heterocycles. The van der Waals surface area contributed by atoms with Crippen LogP contribution >= 0.6 is 0 Å². The molecule has 1 fully saturated rings. The molecule has 0 bridgehead atoms. The molecule has 6 heteroatoms. The lowest BCUT2D eigenvalue weighted by molar-refractivity contribution is -0.151. The Morgan fingerprint density at radius 2 is 2.05 bits per heavy atom. The quantitative estimate of drug-likeness (QED) is 0.581. The number of carbonyl (C=O) groups excluding carboxylic acids is 1. The summed E-state index contributed by atoms with van der Waals surface area (Å²) in [6, 6.07) is 0. The fraction of sp³-hybridized carbons (Fsp3) is 0.846. The van der Waals surface area contributed by atoms with Gasteiger partial charge in [0.25, 0.3) is 0 Å². The molecule has 1 aliphatic carbocycles. The van der Waals surface area contributed by atoms with Crippen LogP contribution in [-0.2, 0) is 14.3 Å². The van der Waals surface area contributed by atoms with E-state index in [0.717, 1.165) is 12.8 Å². The van der Waals surface area contributed by atoms with Crippen molar-refractivity contribution in [3.05, 3.63) is 0 Å². The largest absolute Gasteiger partial charge is 0.481 e. The summed E-state index contributed by atoms with van der Waals surface area (Å²) < 4.78 is 5.01. The predicted molar refractivity (Wildman–Crippen MR) is 70.6 cm³/mol. The van der Waals surface area contributed by atoms with Crippen LogP contribution in [0.3, 0.4) is 0 Å². The number of amides is 1. The van der Waals surface area contributed by atoms with E-state index in [2.05, 4.69) is 12.2 Å². The average Bonchev–Trinajstić information content (AvgIpc) is 2.38. The lowest BCUT2D eigenvalue weighted by Gasteiger charge is -2.35. The van der Waals surface area contributed by atoms with Crippen molar-refractivity contribution in [2.45, 2.75) is 32.6 Å². The highest BCUT2D eigenvalue weighted by Crippen LogP contribution is 2.38.